The van der Waals surface area contributed by atoms with Crippen LogP contribution in [0.15, 0.2) is 18.2 Å². The number of carbonyl (C=O) groups excluding carboxylic acids is 2. The van der Waals surface area contributed by atoms with Crippen LogP contribution < -0.4 is 5.32 Å². The third-order valence-corrected chi connectivity index (χ3v) is 3.74. The lowest BCUT2D eigenvalue weighted by molar-refractivity contribution is -0.132. The molecule has 24 heavy (non-hydrogen) atoms. The van der Waals surface area contributed by atoms with E-state index < -0.39 is 17.7 Å². The van der Waals surface area contributed by atoms with Crippen molar-refractivity contribution in [3.63, 3.8) is 0 Å². The first-order valence-corrected chi connectivity index (χ1v) is 7.99. The van der Waals surface area contributed by atoms with Crippen molar-refractivity contribution < 1.29 is 18.4 Å². The van der Waals surface area contributed by atoms with Crippen molar-refractivity contribution in [3.8, 4) is 0 Å². The Hall–Kier alpha value is -2.02. The van der Waals surface area contributed by atoms with Gasteiger partial charge in [-0.3, -0.25) is 14.5 Å². The largest absolute Gasteiger partial charge is 0.348 e. The average molecular weight is 341 g/mol. The van der Waals surface area contributed by atoms with Crippen LogP contribution in [0.3, 0.4) is 0 Å². The van der Waals surface area contributed by atoms with E-state index in [4.69, 9.17) is 0 Å². The van der Waals surface area contributed by atoms with Gasteiger partial charge in [-0.15, -0.1) is 0 Å². The molecule has 0 aromatic heterocycles. The molecule has 0 saturated carbocycles. The number of halogens is 2. The highest BCUT2D eigenvalue weighted by Gasteiger charge is 2.17. The Morgan fingerprint density at radius 2 is 1.79 bits per heavy atom. The minimum atomic E-state index is -0.701. The fraction of sp³-hybridized carbons (Fsp3) is 0.529. The third-order valence-electron chi connectivity index (χ3n) is 3.74. The smallest absolute Gasteiger partial charge is 0.236 e. The normalized spacial score (nSPS) is 12.1. The molecule has 0 aliphatic carbocycles. The van der Waals surface area contributed by atoms with Crippen molar-refractivity contribution in [1.82, 2.24) is 15.1 Å². The summed E-state index contributed by atoms with van der Waals surface area (Å²) < 4.78 is 26.6. The molecule has 1 unspecified atom stereocenters. The van der Waals surface area contributed by atoms with Gasteiger partial charge >= 0.3 is 0 Å². The van der Waals surface area contributed by atoms with Gasteiger partial charge in [0, 0.05) is 24.7 Å². The summed E-state index contributed by atoms with van der Waals surface area (Å²) in [5, 5.41) is 2.65. The second-order valence-corrected chi connectivity index (χ2v) is 5.69. The van der Waals surface area contributed by atoms with Gasteiger partial charge in [0.1, 0.15) is 11.6 Å². The number of likely N-dealkylation sites (N-methyl/N-ethyl adjacent to an activating group) is 2. The summed E-state index contributed by atoms with van der Waals surface area (Å²) in [5.41, 5.74) is 0.214. The van der Waals surface area contributed by atoms with Crippen molar-refractivity contribution in [3.05, 3.63) is 35.4 Å². The highest BCUT2D eigenvalue weighted by molar-refractivity contribution is 5.81. The maximum absolute atomic E-state index is 13.7. The minimum Gasteiger partial charge on any atom is -0.348 e. The summed E-state index contributed by atoms with van der Waals surface area (Å²) in [5.74, 6) is -1.74. The molecule has 0 aliphatic rings. The van der Waals surface area contributed by atoms with Gasteiger partial charge in [-0.25, -0.2) is 8.78 Å². The second kappa shape index (κ2) is 9.32. The van der Waals surface area contributed by atoms with Crippen LogP contribution >= 0.6 is 0 Å². The lowest BCUT2D eigenvalue weighted by atomic mass is 10.1. The predicted molar refractivity (Wildman–Crippen MR) is 88.3 cm³/mol. The van der Waals surface area contributed by atoms with Gasteiger partial charge in [-0.1, -0.05) is 6.07 Å². The predicted octanol–water partition coefficient (Wildman–Crippen LogP) is 1.94. The van der Waals surface area contributed by atoms with Crippen LogP contribution in [0.4, 0.5) is 8.78 Å². The summed E-state index contributed by atoms with van der Waals surface area (Å²) in [7, 11) is 1.67. The first-order valence-electron chi connectivity index (χ1n) is 7.99. The standard InChI is InChI=1S/C17H25F2N3O2/c1-5-22(6-2)17(24)11-21(4)10-16(23)20-12(3)14-8-7-13(18)9-15(14)19/h7-9,12H,5-6,10-11H2,1-4H3,(H,20,23). The van der Waals surface area contributed by atoms with Crippen molar-refractivity contribution in [2.24, 2.45) is 0 Å². The monoisotopic (exact) mass is 341 g/mol. The molecule has 0 spiro atoms. The number of benzene rings is 1. The lowest BCUT2D eigenvalue weighted by Crippen LogP contribution is -2.43. The van der Waals surface area contributed by atoms with Crippen LogP contribution in [0.25, 0.3) is 0 Å². The number of amides is 2. The molecule has 2 amide bonds. The molecule has 0 aliphatic heterocycles. The average Bonchev–Trinajstić information content (AvgIpc) is 2.47. The first-order chi connectivity index (χ1) is 11.3. The molecule has 1 aromatic rings. The van der Waals surface area contributed by atoms with E-state index >= 15 is 0 Å². The minimum absolute atomic E-state index is 0.0140. The Balaban J connectivity index is 2.54. The zero-order valence-electron chi connectivity index (χ0n) is 14.6. The molecule has 7 heteroatoms. The maximum Gasteiger partial charge on any atom is 0.236 e. The van der Waals surface area contributed by atoms with Gasteiger partial charge in [0.15, 0.2) is 0 Å². The van der Waals surface area contributed by atoms with Crippen molar-refractivity contribution in [1.29, 1.82) is 0 Å². The molecule has 0 heterocycles. The van der Waals surface area contributed by atoms with Crippen LogP contribution in [0.2, 0.25) is 0 Å². The maximum atomic E-state index is 13.7. The van der Waals surface area contributed by atoms with Gasteiger partial charge in [0.25, 0.3) is 0 Å². The lowest BCUT2D eigenvalue weighted by Gasteiger charge is -2.23. The Morgan fingerprint density at radius 3 is 2.33 bits per heavy atom. The molecule has 0 bridgehead atoms. The molecule has 0 saturated heterocycles. The van der Waals surface area contributed by atoms with Crippen molar-refractivity contribution >= 4 is 11.8 Å². The molecule has 0 radical (unpaired) electrons. The van der Waals surface area contributed by atoms with Crippen LogP contribution in [0, 0.1) is 11.6 Å². The summed E-state index contributed by atoms with van der Waals surface area (Å²) in [4.78, 5) is 27.3. The summed E-state index contributed by atoms with van der Waals surface area (Å²) >= 11 is 0. The molecule has 1 N–H and O–H groups in total. The van der Waals surface area contributed by atoms with E-state index in [9.17, 15) is 18.4 Å². The Labute approximate surface area is 141 Å². The second-order valence-electron chi connectivity index (χ2n) is 5.69. The number of hydrogen-bond donors (Lipinski definition) is 1. The Morgan fingerprint density at radius 1 is 1.17 bits per heavy atom. The van der Waals surface area contributed by atoms with Crippen LogP contribution in [-0.2, 0) is 9.59 Å². The quantitative estimate of drug-likeness (QED) is 0.786. The number of nitrogens with one attached hydrogen (secondary N) is 1. The molecule has 1 atom stereocenters. The molecule has 1 rings (SSSR count). The van der Waals surface area contributed by atoms with E-state index in [1.165, 1.54) is 6.07 Å². The first kappa shape index (κ1) is 20.0. The topological polar surface area (TPSA) is 52.7 Å². The molecule has 134 valence electrons. The number of rotatable bonds is 8. The number of carbonyl (C=O) groups is 2. The number of nitrogens with zero attached hydrogens (tertiary/aromatic N) is 2. The van der Waals surface area contributed by atoms with Gasteiger partial charge in [0.05, 0.1) is 19.1 Å². The van der Waals surface area contributed by atoms with Crippen molar-refractivity contribution in [2.45, 2.75) is 26.8 Å². The molecule has 5 nitrogen and oxygen atoms in total. The fourth-order valence-electron chi connectivity index (χ4n) is 2.43. The fourth-order valence-corrected chi connectivity index (χ4v) is 2.43. The Kier molecular flexibility index (Phi) is 7.78. The van der Waals surface area contributed by atoms with E-state index in [1.807, 2.05) is 13.8 Å². The van der Waals surface area contributed by atoms with E-state index in [-0.39, 0.29) is 30.5 Å². The van der Waals surface area contributed by atoms with Crippen molar-refractivity contribution in [2.75, 3.05) is 33.2 Å². The van der Waals surface area contributed by atoms with Crippen LogP contribution in [0.1, 0.15) is 32.4 Å². The zero-order valence-corrected chi connectivity index (χ0v) is 14.6. The highest BCUT2D eigenvalue weighted by atomic mass is 19.1. The van der Waals surface area contributed by atoms with Gasteiger partial charge in [0.2, 0.25) is 11.8 Å². The van der Waals surface area contributed by atoms with Gasteiger partial charge in [-0.05, 0) is 33.9 Å². The summed E-state index contributed by atoms with van der Waals surface area (Å²) in [6, 6.07) is 2.65. The molecular weight excluding hydrogens is 316 g/mol. The van der Waals surface area contributed by atoms with Gasteiger partial charge < -0.3 is 10.2 Å². The van der Waals surface area contributed by atoms with E-state index in [1.54, 1.807) is 23.8 Å². The zero-order chi connectivity index (χ0) is 18.3. The summed E-state index contributed by atoms with van der Waals surface area (Å²) in [6.07, 6.45) is 0. The van der Waals surface area contributed by atoms with Crippen LogP contribution in [0.5, 0.6) is 0 Å². The Bertz CT molecular complexity index is 577. The highest BCUT2D eigenvalue weighted by Crippen LogP contribution is 2.17. The van der Waals surface area contributed by atoms with E-state index in [0.717, 1.165) is 12.1 Å². The third kappa shape index (κ3) is 5.88. The number of hydrogen-bond acceptors (Lipinski definition) is 3. The van der Waals surface area contributed by atoms with Crippen LogP contribution in [-0.4, -0.2) is 54.8 Å². The molecule has 1 aromatic carbocycles. The summed E-state index contributed by atoms with van der Waals surface area (Å²) in [6.45, 7) is 6.80. The molecular formula is C17H25F2N3O2. The van der Waals surface area contributed by atoms with Gasteiger partial charge in [-0.2, -0.15) is 0 Å². The van der Waals surface area contributed by atoms with E-state index in [0.29, 0.717) is 13.1 Å². The SMILES string of the molecule is CCN(CC)C(=O)CN(C)CC(=O)NC(C)c1ccc(F)cc1F. The molecule has 0 fully saturated rings. The van der Waals surface area contributed by atoms with E-state index in [2.05, 4.69) is 5.32 Å².